The zero-order valence-electron chi connectivity index (χ0n) is 26.3. The summed E-state index contributed by atoms with van der Waals surface area (Å²) in [6.07, 6.45) is 0.0658. The first-order valence-corrected chi connectivity index (χ1v) is 14.6. The lowest BCUT2D eigenvalue weighted by molar-refractivity contribution is -0.334. The highest BCUT2D eigenvalue weighted by atomic mass is 16.7. The number of benzene rings is 1. The van der Waals surface area contributed by atoms with Crippen LogP contribution in [0.15, 0.2) is 24.3 Å². The molecule has 1 fully saturated rings. The van der Waals surface area contributed by atoms with Crippen LogP contribution in [0, 0.1) is 5.92 Å². The largest absolute Gasteiger partial charge is 0.468 e. The van der Waals surface area contributed by atoms with Gasteiger partial charge in [-0.1, -0.05) is 39.8 Å². The quantitative estimate of drug-likeness (QED) is 0.215. The van der Waals surface area contributed by atoms with E-state index in [0.717, 1.165) is 19.1 Å². The van der Waals surface area contributed by atoms with Gasteiger partial charge in [-0.25, -0.2) is 4.90 Å². The number of nitrogens with zero attached hydrogens (tertiary/aromatic N) is 3. The van der Waals surface area contributed by atoms with Crippen LogP contribution in [0.25, 0.3) is 0 Å². The fraction of sp³-hybridized carbons (Fsp3) is 0.645. The lowest BCUT2D eigenvalue weighted by Crippen LogP contribution is -2.77. The number of imide groups is 1. The molecule has 0 aromatic heterocycles. The first-order valence-electron chi connectivity index (χ1n) is 14.6. The number of piperazine rings is 1. The van der Waals surface area contributed by atoms with Gasteiger partial charge in [-0.3, -0.25) is 28.8 Å². The molecule has 1 aromatic rings. The number of hydroxylamine groups is 2. The zero-order valence-corrected chi connectivity index (χ0v) is 26.3. The number of methoxy groups -OCH3 is 2. The van der Waals surface area contributed by atoms with Crippen LogP contribution >= 0.6 is 0 Å². The molecule has 1 unspecified atom stereocenters. The van der Waals surface area contributed by atoms with Crippen molar-refractivity contribution in [2.75, 3.05) is 20.8 Å². The summed E-state index contributed by atoms with van der Waals surface area (Å²) < 4.78 is 9.76. The normalized spacial score (nSPS) is 19.2. The van der Waals surface area contributed by atoms with Crippen LogP contribution in [0.1, 0.15) is 101 Å². The second-order valence-corrected chi connectivity index (χ2v) is 11.9. The molecule has 11 heteroatoms. The number of rotatable bonds is 11. The Balaban J connectivity index is 2.23. The summed E-state index contributed by atoms with van der Waals surface area (Å²) in [6.45, 7) is 14.2. The van der Waals surface area contributed by atoms with Gasteiger partial charge in [0.05, 0.1) is 30.9 Å². The molecule has 0 radical (unpaired) electrons. The third-order valence-electron chi connectivity index (χ3n) is 8.96. The number of carbonyl (C=O) groups excluding carboxylic acids is 5. The zero-order chi connectivity index (χ0) is 31.6. The van der Waals surface area contributed by atoms with Gasteiger partial charge in [0.2, 0.25) is 5.91 Å². The van der Waals surface area contributed by atoms with Crippen molar-refractivity contribution in [2.45, 2.75) is 103 Å². The molecule has 0 saturated carbocycles. The third-order valence-corrected chi connectivity index (χ3v) is 8.96. The number of hydrogen-bond donors (Lipinski definition) is 0. The summed E-state index contributed by atoms with van der Waals surface area (Å²) in [7, 11) is 2.28. The Bertz CT molecular complexity index is 1160. The Morgan fingerprint density at radius 3 is 1.71 bits per heavy atom. The number of hydrogen-bond acceptors (Lipinski definition) is 9. The fourth-order valence-corrected chi connectivity index (χ4v) is 6.14. The van der Waals surface area contributed by atoms with Crippen molar-refractivity contribution in [2.24, 2.45) is 5.92 Å². The highest BCUT2D eigenvalue weighted by Crippen LogP contribution is 2.45. The summed E-state index contributed by atoms with van der Waals surface area (Å²) >= 11 is 0. The maximum Gasteiger partial charge on any atom is 0.320 e. The van der Waals surface area contributed by atoms with Crippen molar-refractivity contribution in [3.05, 3.63) is 35.4 Å². The number of esters is 2. The SMILES string of the molecule is CCC1(CC)CN(C(C)(C)C)C(=O)C(CC)(CC)N1OC(CC(C(=O)OC)C(=O)OC)N1C(=O)c2ccccc2C1=O. The number of amides is 3. The summed E-state index contributed by atoms with van der Waals surface area (Å²) in [5.74, 6) is -4.64. The van der Waals surface area contributed by atoms with Crippen LogP contribution in [0.2, 0.25) is 0 Å². The lowest BCUT2D eigenvalue weighted by atomic mass is 9.77. The molecule has 1 atom stereocenters. The minimum atomic E-state index is -1.49. The average Bonchev–Trinajstić information content (AvgIpc) is 3.23. The van der Waals surface area contributed by atoms with Crippen LogP contribution in [0.5, 0.6) is 0 Å². The van der Waals surface area contributed by atoms with Gasteiger partial charge in [-0.15, -0.1) is 0 Å². The maximum absolute atomic E-state index is 14.3. The van der Waals surface area contributed by atoms with Crippen molar-refractivity contribution in [1.29, 1.82) is 0 Å². The minimum absolute atomic E-state index is 0.129. The summed E-state index contributed by atoms with van der Waals surface area (Å²) in [5, 5.41) is 1.68. The van der Waals surface area contributed by atoms with Crippen molar-refractivity contribution in [3.8, 4) is 0 Å². The maximum atomic E-state index is 14.3. The van der Waals surface area contributed by atoms with Crippen LogP contribution in [-0.2, 0) is 28.7 Å². The fourth-order valence-electron chi connectivity index (χ4n) is 6.14. The molecule has 2 heterocycles. The van der Waals surface area contributed by atoms with E-state index in [2.05, 4.69) is 0 Å². The Kier molecular flexibility index (Phi) is 9.89. The van der Waals surface area contributed by atoms with Gasteiger partial charge in [-0.05, 0) is 58.6 Å². The third kappa shape index (κ3) is 5.44. The molecule has 2 aliphatic rings. The summed E-state index contributed by atoms with van der Waals surface area (Å²) in [6, 6.07) is 6.39. The predicted octanol–water partition coefficient (Wildman–Crippen LogP) is 3.95. The molecule has 3 rings (SSSR count). The molecule has 0 aliphatic carbocycles. The van der Waals surface area contributed by atoms with Crippen LogP contribution in [0.3, 0.4) is 0 Å². The van der Waals surface area contributed by atoms with Crippen molar-refractivity contribution >= 4 is 29.7 Å². The van der Waals surface area contributed by atoms with Gasteiger partial charge in [0, 0.05) is 18.5 Å². The highest BCUT2D eigenvalue weighted by molar-refractivity contribution is 6.21. The molecule has 0 N–H and O–H groups in total. The second-order valence-electron chi connectivity index (χ2n) is 11.9. The number of carbonyl (C=O) groups is 5. The number of ether oxygens (including phenoxy) is 2. The van der Waals surface area contributed by atoms with Gasteiger partial charge in [0.25, 0.3) is 11.8 Å². The van der Waals surface area contributed by atoms with E-state index in [0.29, 0.717) is 32.2 Å². The highest BCUT2D eigenvalue weighted by Gasteiger charge is 2.60. The molecule has 42 heavy (non-hydrogen) atoms. The van der Waals surface area contributed by atoms with Gasteiger partial charge < -0.3 is 14.4 Å². The average molecular weight is 588 g/mol. The van der Waals surface area contributed by atoms with Crippen molar-refractivity contribution in [1.82, 2.24) is 14.9 Å². The molecule has 232 valence electrons. The van der Waals surface area contributed by atoms with Crippen molar-refractivity contribution in [3.63, 3.8) is 0 Å². The summed E-state index contributed by atoms with van der Waals surface area (Å²) in [4.78, 5) is 76.9. The molecular formula is C31H45N3O8. The molecule has 0 bridgehead atoms. The van der Waals surface area contributed by atoms with E-state index in [1.165, 1.54) is 0 Å². The van der Waals surface area contributed by atoms with Gasteiger partial charge >= 0.3 is 11.9 Å². The van der Waals surface area contributed by atoms with E-state index in [1.54, 1.807) is 29.3 Å². The first kappa shape index (κ1) is 33.2. The predicted molar refractivity (Wildman–Crippen MR) is 154 cm³/mol. The lowest BCUT2D eigenvalue weighted by Gasteiger charge is -2.61. The smallest absolute Gasteiger partial charge is 0.320 e. The molecule has 1 aromatic carbocycles. The second kappa shape index (κ2) is 12.5. The molecule has 3 amide bonds. The molecule has 0 spiro atoms. The van der Waals surface area contributed by atoms with E-state index >= 15 is 0 Å². The summed E-state index contributed by atoms with van der Waals surface area (Å²) in [5.41, 5.74) is -1.97. The van der Waals surface area contributed by atoms with Gasteiger partial charge in [0.15, 0.2) is 12.1 Å². The Morgan fingerprint density at radius 2 is 1.33 bits per heavy atom. The van der Waals surface area contributed by atoms with Crippen LogP contribution in [-0.4, -0.2) is 88.1 Å². The monoisotopic (exact) mass is 587 g/mol. The van der Waals surface area contributed by atoms with E-state index in [9.17, 15) is 24.0 Å². The van der Waals surface area contributed by atoms with Gasteiger partial charge in [0.1, 0.15) is 5.54 Å². The Hall–Kier alpha value is -3.31. The van der Waals surface area contributed by atoms with Crippen LogP contribution in [0.4, 0.5) is 0 Å². The van der Waals surface area contributed by atoms with E-state index in [4.69, 9.17) is 14.3 Å². The first-order chi connectivity index (χ1) is 19.7. The minimum Gasteiger partial charge on any atom is -0.468 e. The van der Waals surface area contributed by atoms with Crippen LogP contribution < -0.4 is 0 Å². The van der Waals surface area contributed by atoms with E-state index in [1.807, 2.05) is 53.4 Å². The molecule has 11 nitrogen and oxygen atoms in total. The molecule has 2 aliphatic heterocycles. The Labute approximate surface area is 248 Å². The van der Waals surface area contributed by atoms with E-state index < -0.39 is 58.9 Å². The van der Waals surface area contributed by atoms with Gasteiger partial charge in [-0.2, -0.15) is 5.06 Å². The number of fused-ring (bicyclic) bond motifs is 1. The molecular weight excluding hydrogens is 542 g/mol. The van der Waals surface area contributed by atoms with Crippen molar-refractivity contribution < 1.29 is 38.3 Å². The van der Waals surface area contributed by atoms with E-state index in [-0.39, 0.29) is 17.0 Å². The standard InChI is InChI=1S/C31H45N3O8/c1-10-30(11-2)19-32(29(5,6)7)28(39)31(12-3,13-4)34(30)42-23(18-22(26(37)40-8)27(38)41-9)33-24(35)20-16-14-15-17-21(20)25(33)36/h14-17,22-23H,10-13,18-19H2,1-9H3. The Morgan fingerprint density at radius 1 is 0.857 bits per heavy atom. The molecule has 1 saturated heterocycles. The topological polar surface area (TPSA) is 123 Å².